The van der Waals surface area contributed by atoms with Crippen molar-refractivity contribution in [2.24, 2.45) is 0 Å². The van der Waals surface area contributed by atoms with Crippen LogP contribution in [0.3, 0.4) is 0 Å². The van der Waals surface area contributed by atoms with E-state index in [0.29, 0.717) is 45.5 Å². The van der Waals surface area contributed by atoms with E-state index in [-0.39, 0.29) is 11.4 Å². The van der Waals surface area contributed by atoms with E-state index in [1.807, 2.05) is 44.2 Å². The van der Waals surface area contributed by atoms with Gasteiger partial charge < -0.3 is 14.8 Å². The van der Waals surface area contributed by atoms with E-state index < -0.39 is 17.1 Å². The third-order valence-electron chi connectivity index (χ3n) is 5.40. The van der Waals surface area contributed by atoms with Gasteiger partial charge in [0.1, 0.15) is 13.2 Å². The highest BCUT2D eigenvalue weighted by Crippen LogP contribution is 2.39. The molecule has 7 nitrogen and oxygen atoms in total. The van der Waals surface area contributed by atoms with E-state index in [1.54, 1.807) is 36.4 Å². The van der Waals surface area contributed by atoms with E-state index in [2.05, 4.69) is 21.2 Å². The van der Waals surface area contributed by atoms with Crippen molar-refractivity contribution in [3.63, 3.8) is 0 Å². The lowest BCUT2D eigenvalue weighted by atomic mass is 10.1. The topological polar surface area (TPSA) is 84.9 Å². The zero-order valence-corrected chi connectivity index (χ0v) is 23.8. The van der Waals surface area contributed by atoms with Gasteiger partial charge in [0, 0.05) is 10.7 Å². The summed E-state index contributed by atoms with van der Waals surface area (Å²) in [4.78, 5) is 39.1. The van der Waals surface area contributed by atoms with E-state index in [0.717, 1.165) is 27.8 Å². The Morgan fingerprint density at radius 2 is 1.87 bits per heavy atom. The van der Waals surface area contributed by atoms with E-state index in [9.17, 15) is 14.4 Å². The zero-order chi connectivity index (χ0) is 27.2. The van der Waals surface area contributed by atoms with Crippen LogP contribution in [0.1, 0.15) is 23.6 Å². The summed E-state index contributed by atoms with van der Waals surface area (Å²) in [5.41, 5.74) is 3.15. The van der Waals surface area contributed by atoms with Crippen LogP contribution in [-0.2, 0) is 16.2 Å². The fourth-order valence-electron chi connectivity index (χ4n) is 3.67. The summed E-state index contributed by atoms with van der Waals surface area (Å²) in [5.74, 6) is 0.0120. The van der Waals surface area contributed by atoms with Crippen LogP contribution in [-0.4, -0.2) is 35.1 Å². The molecule has 3 amide bonds. The van der Waals surface area contributed by atoms with E-state index in [4.69, 9.17) is 21.1 Å². The third kappa shape index (κ3) is 6.98. The van der Waals surface area contributed by atoms with Gasteiger partial charge in [-0.2, -0.15) is 0 Å². The van der Waals surface area contributed by atoms with Gasteiger partial charge in [-0.3, -0.25) is 19.3 Å². The van der Waals surface area contributed by atoms with Crippen LogP contribution in [0.2, 0.25) is 5.02 Å². The number of hydrogen-bond acceptors (Lipinski definition) is 6. The van der Waals surface area contributed by atoms with Gasteiger partial charge in [0.25, 0.3) is 11.1 Å². The molecular formula is C28H24BrClN2O5S. The first kappa shape index (κ1) is 27.8. The second kappa shape index (κ2) is 12.5. The SMILES string of the molecule is CCOc1cc(/C=C2/SC(=O)N(CC(=O)Nc3cccc(C)c3)C2=O)cc(Br)c1OCc1ccc(Cl)cc1. The molecule has 3 aromatic carbocycles. The second-order valence-electron chi connectivity index (χ2n) is 8.36. The summed E-state index contributed by atoms with van der Waals surface area (Å²) in [7, 11) is 0. The van der Waals surface area contributed by atoms with Gasteiger partial charge in [-0.05, 0) is 101 Å². The van der Waals surface area contributed by atoms with Gasteiger partial charge in [-0.1, -0.05) is 35.9 Å². The van der Waals surface area contributed by atoms with Crippen LogP contribution in [0.4, 0.5) is 10.5 Å². The Labute approximate surface area is 238 Å². The maximum Gasteiger partial charge on any atom is 0.294 e. The molecule has 0 saturated carbocycles. The quantitative estimate of drug-likeness (QED) is 0.259. The maximum absolute atomic E-state index is 13.0. The Kier molecular flexibility index (Phi) is 9.14. The van der Waals surface area contributed by atoms with Crippen molar-refractivity contribution >= 4 is 68.1 Å². The Morgan fingerprint density at radius 3 is 2.58 bits per heavy atom. The van der Waals surface area contributed by atoms with Gasteiger partial charge >= 0.3 is 0 Å². The van der Waals surface area contributed by atoms with Crippen molar-refractivity contribution in [2.75, 3.05) is 18.5 Å². The largest absolute Gasteiger partial charge is 0.490 e. The zero-order valence-electron chi connectivity index (χ0n) is 20.6. The molecule has 1 saturated heterocycles. The van der Waals surface area contributed by atoms with Gasteiger partial charge in [-0.15, -0.1) is 0 Å². The molecule has 0 unspecified atom stereocenters. The van der Waals surface area contributed by atoms with Crippen molar-refractivity contribution in [3.05, 3.63) is 91.8 Å². The number of nitrogens with one attached hydrogen (secondary N) is 1. The molecule has 0 radical (unpaired) electrons. The Balaban J connectivity index is 1.48. The number of halogens is 2. The summed E-state index contributed by atoms with van der Waals surface area (Å²) >= 11 is 10.3. The van der Waals surface area contributed by atoms with Crippen LogP contribution in [0.5, 0.6) is 11.5 Å². The minimum Gasteiger partial charge on any atom is -0.490 e. The van der Waals surface area contributed by atoms with Crippen molar-refractivity contribution in [3.8, 4) is 11.5 Å². The molecule has 1 fully saturated rings. The van der Waals surface area contributed by atoms with Crippen LogP contribution in [0.15, 0.2) is 70.0 Å². The second-order valence-corrected chi connectivity index (χ2v) is 10.6. The molecule has 196 valence electrons. The number of hydrogen-bond donors (Lipinski definition) is 1. The highest BCUT2D eigenvalue weighted by Gasteiger charge is 2.36. The number of thioether (sulfide) groups is 1. The number of carbonyl (C=O) groups excluding carboxylic acids is 3. The van der Waals surface area contributed by atoms with E-state index in [1.165, 1.54) is 0 Å². The fraction of sp³-hybridized carbons (Fsp3) is 0.179. The third-order valence-corrected chi connectivity index (χ3v) is 7.15. The Morgan fingerprint density at radius 1 is 1.11 bits per heavy atom. The average molecular weight is 616 g/mol. The summed E-state index contributed by atoms with van der Waals surface area (Å²) < 4.78 is 12.4. The van der Waals surface area contributed by atoms with Crippen LogP contribution in [0.25, 0.3) is 6.08 Å². The summed E-state index contributed by atoms with van der Waals surface area (Å²) in [6.07, 6.45) is 1.60. The number of benzene rings is 3. The predicted octanol–water partition coefficient (Wildman–Crippen LogP) is 7.06. The van der Waals surface area contributed by atoms with Crippen LogP contribution >= 0.6 is 39.3 Å². The molecule has 0 aromatic heterocycles. The molecule has 0 atom stereocenters. The van der Waals surface area contributed by atoms with Gasteiger partial charge in [0.2, 0.25) is 5.91 Å². The summed E-state index contributed by atoms with van der Waals surface area (Å²) in [6.45, 7) is 4.10. The first-order valence-electron chi connectivity index (χ1n) is 11.7. The smallest absolute Gasteiger partial charge is 0.294 e. The van der Waals surface area contributed by atoms with Gasteiger partial charge in [-0.25, -0.2) is 0 Å². The normalized spacial score (nSPS) is 14.2. The molecule has 1 aliphatic rings. The lowest BCUT2D eigenvalue weighted by molar-refractivity contribution is -0.127. The standard InChI is InChI=1S/C28H24BrClN2O5S/c1-3-36-23-13-19(12-22(29)26(23)37-16-18-7-9-20(30)10-8-18)14-24-27(34)32(28(35)38-24)15-25(33)31-21-6-4-5-17(2)11-21/h4-14H,3,15-16H2,1-2H3,(H,31,33)/b24-14+. The maximum atomic E-state index is 13.0. The molecule has 1 heterocycles. The fourth-order valence-corrected chi connectivity index (χ4v) is 5.20. The molecule has 38 heavy (non-hydrogen) atoms. The van der Waals surface area contributed by atoms with Crippen molar-refractivity contribution in [1.82, 2.24) is 4.90 Å². The number of imide groups is 1. The number of anilines is 1. The van der Waals surface area contributed by atoms with Crippen molar-refractivity contribution in [2.45, 2.75) is 20.5 Å². The Bertz CT molecular complexity index is 1410. The number of carbonyl (C=O) groups is 3. The molecule has 0 aliphatic carbocycles. The minimum atomic E-state index is -0.531. The van der Waals surface area contributed by atoms with Crippen molar-refractivity contribution < 1.29 is 23.9 Å². The van der Waals surface area contributed by atoms with Crippen LogP contribution < -0.4 is 14.8 Å². The lowest BCUT2D eigenvalue weighted by Crippen LogP contribution is -2.36. The number of rotatable bonds is 9. The molecule has 10 heteroatoms. The number of amides is 3. The Hall–Kier alpha value is -3.27. The molecule has 4 rings (SSSR count). The molecule has 1 N–H and O–H groups in total. The van der Waals surface area contributed by atoms with E-state index >= 15 is 0 Å². The average Bonchev–Trinajstić information content (AvgIpc) is 3.12. The highest BCUT2D eigenvalue weighted by atomic mass is 79.9. The predicted molar refractivity (Wildman–Crippen MR) is 154 cm³/mol. The summed E-state index contributed by atoms with van der Waals surface area (Å²) in [5, 5.41) is 2.86. The van der Waals surface area contributed by atoms with Gasteiger partial charge in [0.15, 0.2) is 11.5 Å². The molecule has 0 bridgehead atoms. The lowest BCUT2D eigenvalue weighted by Gasteiger charge is -2.15. The molecule has 3 aromatic rings. The molecule has 0 spiro atoms. The summed E-state index contributed by atoms with van der Waals surface area (Å²) in [6, 6.07) is 18.1. The number of aryl methyl sites for hydroxylation is 1. The number of ether oxygens (including phenoxy) is 2. The first-order chi connectivity index (χ1) is 18.2. The first-order valence-corrected chi connectivity index (χ1v) is 13.7. The minimum absolute atomic E-state index is 0.211. The highest BCUT2D eigenvalue weighted by molar-refractivity contribution is 9.10. The monoisotopic (exact) mass is 614 g/mol. The molecular weight excluding hydrogens is 592 g/mol. The van der Waals surface area contributed by atoms with Crippen LogP contribution in [0, 0.1) is 6.92 Å². The molecule has 1 aliphatic heterocycles. The van der Waals surface area contributed by atoms with Gasteiger partial charge in [0.05, 0.1) is 16.0 Å². The number of nitrogens with zero attached hydrogens (tertiary/aromatic N) is 1. The van der Waals surface area contributed by atoms with Crippen molar-refractivity contribution in [1.29, 1.82) is 0 Å².